The van der Waals surface area contributed by atoms with E-state index in [0.29, 0.717) is 35.3 Å². The molecule has 7 aromatic rings. The molecule has 10 nitrogen and oxygen atoms in total. The van der Waals surface area contributed by atoms with Crippen molar-refractivity contribution in [3.05, 3.63) is 129 Å². The largest absolute Gasteiger partial charge is 0.448 e. The summed E-state index contributed by atoms with van der Waals surface area (Å²) in [7, 11) is 0. The van der Waals surface area contributed by atoms with Crippen molar-refractivity contribution in [1.29, 1.82) is 0 Å². The predicted octanol–water partition coefficient (Wildman–Crippen LogP) is 9.47. The first-order valence-corrected chi connectivity index (χ1v) is 14.1. The van der Waals surface area contributed by atoms with E-state index in [-0.39, 0.29) is 0 Å². The van der Waals surface area contributed by atoms with Crippen molar-refractivity contribution in [2.24, 2.45) is 0 Å². The van der Waals surface area contributed by atoms with Crippen LogP contribution in [-0.2, 0) is 13.1 Å². The van der Waals surface area contributed by atoms with Gasteiger partial charge in [0.2, 0.25) is 41.6 Å². The van der Waals surface area contributed by atoms with Crippen LogP contribution in [0.15, 0.2) is 156 Å². The molecule has 222 valence electrons. The van der Waals surface area contributed by atoms with Gasteiger partial charge in [0.25, 0.3) is 0 Å². The van der Waals surface area contributed by atoms with E-state index < -0.39 is 0 Å². The molecular formula is C33H35N4O6+. The Labute approximate surface area is 249 Å². The second-order valence-electron chi connectivity index (χ2n) is 9.21. The van der Waals surface area contributed by atoms with Crippen LogP contribution in [0.4, 0.5) is 35.3 Å². The molecule has 0 aromatic carbocycles. The zero-order valence-corrected chi connectivity index (χ0v) is 24.2. The summed E-state index contributed by atoms with van der Waals surface area (Å²) >= 11 is 0. The summed E-state index contributed by atoms with van der Waals surface area (Å²) in [5.74, 6) is 3.86. The van der Waals surface area contributed by atoms with Gasteiger partial charge in [-0.1, -0.05) is 13.3 Å². The van der Waals surface area contributed by atoms with Gasteiger partial charge in [-0.3, -0.25) is 0 Å². The molecule has 0 spiro atoms. The fourth-order valence-corrected chi connectivity index (χ4v) is 4.13. The third-order valence-corrected chi connectivity index (χ3v) is 6.24. The number of imidazole rings is 1. The van der Waals surface area contributed by atoms with Crippen molar-refractivity contribution in [2.75, 3.05) is 9.80 Å². The van der Waals surface area contributed by atoms with Crippen LogP contribution in [0.3, 0.4) is 0 Å². The summed E-state index contributed by atoms with van der Waals surface area (Å²) in [4.78, 5) is 3.50. The van der Waals surface area contributed by atoms with Gasteiger partial charge in [0.1, 0.15) is 12.4 Å². The Morgan fingerprint density at radius 3 is 1.14 bits per heavy atom. The molecule has 10 heteroatoms. The standard InChI is InChI=1S/2C12H9NO3.C9H17N2/c2*1-4-10(14-7-1)13(11-5-2-8-15-11)12-6-3-9-16-12;1-3-5-6-11-8-7-10(4-2)9-11/h2*1-9H;7-9H,3-6H2,1-2H3/q;;+1. The van der Waals surface area contributed by atoms with Crippen molar-refractivity contribution in [3.63, 3.8) is 0 Å². The average molecular weight is 584 g/mol. The molecule has 7 heterocycles. The Kier molecular flexibility index (Phi) is 10.1. The van der Waals surface area contributed by atoms with E-state index in [1.165, 1.54) is 12.8 Å². The molecule has 0 radical (unpaired) electrons. The lowest BCUT2D eigenvalue weighted by atomic mass is 10.3. The van der Waals surface area contributed by atoms with Gasteiger partial charge in [0.15, 0.2) is 0 Å². The Morgan fingerprint density at radius 2 is 0.907 bits per heavy atom. The predicted molar refractivity (Wildman–Crippen MR) is 161 cm³/mol. The maximum absolute atomic E-state index is 5.35. The van der Waals surface area contributed by atoms with Crippen LogP contribution in [0.25, 0.3) is 0 Å². The second-order valence-corrected chi connectivity index (χ2v) is 9.21. The molecule has 0 bridgehead atoms. The molecule has 0 saturated carbocycles. The minimum absolute atomic E-state index is 0.643. The number of hydrogen-bond acceptors (Lipinski definition) is 8. The smallest absolute Gasteiger partial charge is 0.243 e. The van der Waals surface area contributed by atoms with Gasteiger partial charge in [-0.05, 0) is 49.7 Å². The van der Waals surface area contributed by atoms with Crippen molar-refractivity contribution < 1.29 is 31.1 Å². The first-order valence-electron chi connectivity index (χ1n) is 14.1. The number of rotatable bonds is 10. The van der Waals surface area contributed by atoms with E-state index in [1.54, 1.807) is 47.4 Å². The number of aryl methyl sites for hydroxylation is 2. The van der Waals surface area contributed by atoms with E-state index in [2.05, 4.69) is 41.7 Å². The van der Waals surface area contributed by atoms with Crippen LogP contribution in [0.1, 0.15) is 26.7 Å². The summed E-state index contributed by atoms with van der Waals surface area (Å²) in [5, 5.41) is 0. The third kappa shape index (κ3) is 7.62. The highest BCUT2D eigenvalue weighted by atomic mass is 16.4. The molecule has 0 unspecified atom stereocenters. The van der Waals surface area contributed by atoms with E-state index in [4.69, 9.17) is 26.5 Å². The highest BCUT2D eigenvalue weighted by Gasteiger charge is 2.20. The zero-order chi connectivity index (χ0) is 29.7. The van der Waals surface area contributed by atoms with Gasteiger partial charge >= 0.3 is 0 Å². The summed E-state index contributed by atoms with van der Waals surface area (Å²) in [5.41, 5.74) is 0. The first-order chi connectivity index (χ1) is 21.3. The minimum Gasteiger partial charge on any atom is -0.448 e. The molecule has 0 N–H and O–H groups in total. The Bertz CT molecular complexity index is 1370. The van der Waals surface area contributed by atoms with Gasteiger partial charge in [-0.25, -0.2) is 18.9 Å². The van der Waals surface area contributed by atoms with Gasteiger partial charge in [-0.15, -0.1) is 0 Å². The lowest BCUT2D eigenvalue weighted by molar-refractivity contribution is -0.696. The van der Waals surface area contributed by atoms with Crippen LogP contribution in [-0.4, -0.2) is 4.57 Å². The zero-order valence-electron chi connectivity index (χ0n) is 24.2. The van der Waals surface area contributed by atoms with Gasteiger partial charge in [0, 0.05) is 36.4 Å². The average Bonchev–Trinajstić information content (AvgIpc) is 3.90. The highest BCUT2D eigenvalue weighted by molar-refractivity contribution is 5.66. The Balaban J connectivity index is 0.000000131. The molecule has 7 aromatic heterocycles. The van der Waals surface area contributed by atoms with Crippen molar-refractivity contribution >= 4 is 35.3 Å². The van der Waals surface area contributed by atoms with Crippen LogP contribution in [0.2, 0.25) is 0 Å². The lowest BCUT2D eigenvalue weighted by Gasteiger charge is -2.15. The number of hydrogen-bond donors (Lipinski definition) is 0. The molecule has 0 aliphatic carbocycles. The molecule has 0 atom stereocenters. The fraction of sp³-hybridized carbons (Fsp3) is 0.182. The molecular weight excluding hydrogens is 548 g/mol. The van der Waals surface area contributed by atoms with Crippen LogP contribution >= 0.6 is 0 Å². The van der Waals surface area contributed by atoms with E-state index in [0.717, 1.165) is 13.1 Å². The monoisotopic (exact) mass is 583 g/mol. The van der Waals surface area contributed by atoms with E-state index >= 15 is 0 Å². The summed E-state index contributed by atoms with van der Waals surface area (Å²) < 4.78 is 36.5. The van der Waals surface area contributed by atoms with Gasteiger partial charge in [-0.2, -0.15) is 0 Å². The molecule has 0 aliphatic rings. The number of nitrogens with zero attached hydrogens (tertiary/aromatic N) is 4. The van der Waals surface area contributed by atoms with E-state index in [1.807, 2.05) is 72.8 Å². The second kappa shape index (κ2) is 14.9. The lowest BCUT2D eigenvalue weighted by Crippen LogP contribution is -2.30. The number of furan rings is 6. The van der Waals surface area contributed by atoms with E-state index in [9.17, 15) is 0 Å². The quantitative estimate of drug-likeness (QED) is 0.147. The molecule has 0 saturated heterocycles. The minimum atomic E-state index is 0.643. The topological polar surface area (TPSA) is 94.1 Å². The number of aromatic nitrogens is 2. The van der Waals surface area contributed by atoms with Crippen molar-refractivity contribution in [1.82, 2.24) is 4.57 Å². The normalized spacial score (nSPS) is 10.5. The number of anilines is 6. The summed E-state index contributed by atoms with van der Waals surface area (Å²) in [6.07, 6.45) is 18.6. The summed E-state index contributed by atoms with van der Waals surface area (Å²) in [6, 6.07) is 21.9. The summed E-state index contributed by atoms with van der Waals surface area (Å²) in [6.45, 7) is 6.60. The molecule has 0 aliphatic heterocycles. The third-order valence-electron chi connectivity index (χ3n) is 6.24. The molecule has 43 heavy (non-hydrogen) atoms. The molecule has 7 rings (SSSR count). The van der Waals surface area contributed by atoms with Crippen LogP contribution in [0, 0.1) is 0 Å². The number of unbranched alkanes of at least 4 members (excludes halogenated alkanes) is 1. The molecule has 0 fully saturated rings. The SMILES string of the molecule is CCCC[n+]1ccn(CC)c1.c1coc(N(c2ccco2)c2ccco2)c1.c1coc(N(c2ccco2)c2ccco2)c1. The highest BCUT2D eigenvalue weighted by Crippen LogP contribution is 2.36. The Morgan fingerprint density at radius 1 is 0.558 bits per heavy atom. The maximum Gasteiger partial charge on any atom is 0.243 e. The maximum atomic E-state index is 5.35. The van der Waals surface area contributed by atoms with Crippen molar-refractivity contribution in [3.8, 4) is 0 Å². The van der Waals surface area contributed by atoms with Crippen LogP contribution in [0.5, 0.6) is 0 Å². The van der Waals surface area contributed by atoms with Gasteiger partial charge < -0.3 is 26.5 Å². The van der Waals surface area contributed by atoms with Crippen LogP contribution < -0.4 is 14.4 Å². The first kappa shape index (κ1) is 29.0. The van der Waals surface area contributed by atoms with Crippen molar-refractivity contribution in [2.45, 2.75) is 39.8 Å². The molecule has 0 amide bonds. The van der Waals surface area contributed by atoms with Gasteiger partial charge in [0.05, 0.1) is 50.7 Å². The Hall–Kier alpha value is -5.51. The fourth-order valence-electron chi connectivity index (χ4n) is 4.13.